The van der Waals surface area contributed by atoms with Crippen LogP contribution in [0.3, 0.4) is 0 Å². The van der Waals surface area contributed by atoms with Gasteiger partial charge in [0.1, 0.15) is 17.5 Å². The van der Waals surface area contributed by atoms with Crippen LogP contribution in [0.5, 0.6) is 0 Å². The average Bonchev–Trinajstić information content (AvgIpc) is 0.763. The molecule has 8 heteroatoms. The molecular formula is C133H96N8. The predicted octanol–water partition coefficient (Wildman–Crippen LogP) is 34.5. The first-order valence-corrected chi connectivity index (χ1v) is 47.6. The van der Waals surface area contributed by atoms with Crippen LogP contribution in [-0.2, 0) is 0 Å². The topological polar surface area (TPSA) is 103 Å². The second-order valence-corrected chi connectivity index (χ2v) is 35.1. The van der Waals surface area contributed by atoms with Gasteiger partial charge in [0.15, 0.2) is 23.3 Å². The molecule has 0 saturated heterocycles. The lowest BCUT2D eigenvalue weighted by atomic mass is 9.92. The van der Waals surface area contributed by atoms with E-state index < -0.39 is 0 Å². The molecule has 0 aliphatic carbocycles. The molecule has 0 aliphatic rings. The van der Waals surface area contributed by atoms with E-state index in [4.69, 9.17) is 39.9 Å². The van der Waals surface area contributed by atoms with E-state index in [9.17, 15) is 0 Å². The molecule has 20 aromatic carbocycles. The highest BCUT2D eigenvalue weighted by atomic mass is 15.0. The van der Waals surface area contributed by atoms with Crippen molar-refractivity contribution in [3.05, 3.63) is 545 Å². The van der Waals surface area contributed by atoms with E-state index in [1.807, 2.05) is 45.0 Å². The minimum atomic E-state index is 0.648. The Morgan fingerprint density at radius 2 is 0.220 bits per heavy atom. The average molecular weight is 1810 g/mol. The van der Waals surface area contributed by atoms with Crippen molar-refractivity contribution < 1.29 is 0 Å². The summed E-state index contributed by atoms with van der Waals surface area (Å²) in [5.41, 5.74) is 40.0. The Kier molecular flexibility index (Phi) is 26.4. The number of nitrogens with zero attached hydrogens (tertiary/aromatic N) is 8. The maximum Gasteiger partial charge on any atom is 0.163 e. The second-order valence-electron chi connectivity index (χ2n) is 35.1. The molecule has 0 spiro atoms. The quantitative estimate of drug-likeness (QED) is 0.0743. The van der Waals surface area contributed by atoms with Crippen molar-refractivity contribution in [1.29, 1.82) is 0 Å². The third-order valence-corrected chi connectivity index (χ3v) is 25.2. The first kappa shape index (κ1) is 89.1. The Balaban J connectivity index is 0.000000127. The van der Waals surface area contributed by atoms with Crippen LogP contribution < -0.4 is 0 Å². The van der Waals surface area contributed by atoms with Crippen molar-refractivity contribution in [3.63, 3.8) is 0 Å². The zero-order valence-corrected chi connectivity index (χ0v) is 78.3. The fourth-order valence-corrected chi connectivity index (χ4v) is 18.2. The van der Waals surface area contributed by atoms with E-state index in [-0.39, 0.29) is 0 Å². The van der Waals surface area contributed by atoms with Gasteiger partial charge in [-0.15, -0.1) is 0 Å². The van der Waals surface area contributed by atoms with Crippen molar-refractivity contribution in [2.45, 2.75) is 20.8 Å². The normalized spacial score (nSPS) is 10.9. The Hall–Kier alpha value is -18.5. The van der Waals surface area contributed by atoms with E-state index in [0.29, 0.717) is 34.9 Å². The Morgan fingerprint density at radius 3 is 0.404 bits per heavy atom. The number of hydrogen-bond donors (Lipinski definition) is 0. The Bertz CT molecular complexity index is 7170. The summed E-state index contributed by atoms with van der Waals surface area (Å²) in [5.74, 6) is 4.70. The summed E-state index contributed by atoms with van der Waals surface area (Å²) in [6.45, 7) is 5.85. The van der Waals surface area contributed by atoms with E-state index in [1.54, 1.807) is 0 Å². The zero-order valence-electron chi connectivity index (χ0n) is 78.3. The standard InChI is InChI=1S/C52H37N3.C41H30N2.C40H29N3/c1-36-53-51(43-26-14-24-41(28-43)49-32-45(37-16-6-2-7-17-37)30-46(33-49)38-18-8-3-9-19-38)55-52(54-36)44-27-15-25-42(29-44)50-34-47(39-20-10-4-11-21-39)31-48(35-50)40-22-12-5-13-23-40;1-29-42-40(38-24-34(30-14-6-2-7-15-30)22-35(25-38)31-16-8-3-9-17-31)28-41(43-29)39-26-36(32-18-10-4-11-19-32)23-37(27-39)33-20-12-5-13-21-33;1-28-41-39(37-24-33(29-14-6-2-7-15-29)22-34(25-37)30-16-8-3-9-17-30)43-40(42-28)38-26-35(31-18-10-4-11-19-31)23-36(27-38)32-20-12-5-13-21-32/h2-35H,1H3;2-28H,1H3;2-27H,1H3. The molecule has 0 radical (unpaired) electrons. The van der Waals surface area contributed by atoms with Crippen LogP contribution in [0.25, 0.3) is 224 Å². The van der Waals surface area contributed by atoms with Gasteiger partial charge in [-0.3, -0.25) is 0 Å². The highest BCUT2D eigenvalue weighted by molar-refractivity contribution is 5.90. The largest absolute Gasteiger partial charge is 0.233 e. The summed E-state index contributed by atoms with van der Waals surface area (Å²) >= 11 is 0. The zero-order chi connectivity index (χ0) is 95.0. The fourth-order valence-electron chi connectivity index (χ4n) is 18.2. The maximum absolute atomic E-state index is 5.09. The van der Waals surface area contributed by atoms with Gasteiger partial charge in [0, 0.05) is 33.4 Å². The Labute approximate surface area is 824 Å². The number of hydrogen-bond acceptors (Lipinski definition) is 8. The van der Waals surface area contributed by atoms with Gasteiger partial charge in [-0.1, -0.05) is 400 Å². The molecule has 0 saturated carbocycles. The molecule has 0 amide bonds. The number of benzene rings is 20. The van der Waals surface area contributed by atoms with Crippen LogP contribution in [0.2, 0.25) is 0 Å². The summed E-state index contributed by atoms with van der Waals surface area (Å²) < 4.78 is 0. The third kappa shape index (κ3) is 21.3. The molecule has 668 valence electrons. The van der Waals surface area contributed by atoms with E-state index in [2.05, 4.69) is 504 Å². The van der Waals surface area contributed by atoms with Crippen molar-refractivity contribution in [2.75, 3.05) is 0 Å². The number of aryl methyl sites for hydroxylation is 3. The van der Waals surface area contributed by atoms with Crippen LogP contribution in [-0.4, -0.2) is 39.9 Å². The predicted molar refractivity (Wildman–Crippen MR) is 585 cm³/mol. The van der Waals surface area contributed by atoms with Gasteiger partial charge < -0.3 is 0 Å². The molecule has 8 nitrogen and oxygen atoms in total. The van der Waals surface area contributed by atoms with E-state index in [0.717, 1.165) is 140 Å². The van der Waals surface area contributed by atoms with Crippen LogP contribution >= 0.6 is 0 Å². The van der Waals surface area contributed by atoms with Gasteiger partial charge in [0.2, 0.25) is 0 Å². The summed E-state index contributed by atoms with van der Waals surface area (Å²) in [5, 5.41) is 0. The van der Waals surface area contributed by atoms with Crippen LogP contribution in [0.1, 0.15) is 17.5 Å². The van der Waals surface area contributed by atoms with Gasteiger partial charge in [-0.25, -0.2) is 39.9 Å². The van der Waals surface area contributed by atoms with Gasteiger partial charge in [0.05, 0.1) is 11.4 Å². The lowest BCUT2D eigenvalue weighted by Crippen LogP contribution is -2.00. The van der Waals surface area contributed by atoms with E-state index in [1.165, 1.54) is 66.8 Å². The maximum atomic E-state index is 5.09. The SMILES string of the molecule is Cc1nc(-c2cc(-c3ccccc3)cc(-c3ccccc3)c2)cc(-c2cc(-c3ccccc3)cc(-c3ccccc3)c2)n1.Cc1nc(-c2cc(-c3ccccc3)cc(-c3ccccc3)c2)nc(-c2cc(-c3ccccc3)cc(-c3ccccc3)c2)n1.Cc1nc(-c2cccc(-c3cc(-c4ccccc4)cc(-c4ccccc4)c3)c2)nc(-c2cccc(-c3cc(-c4ccccc4)cc(-c4ccccc4)c3)c2)n1. The molecule has 0 N–H and O–H groups in total. The molecule has 141 heavy (non-hydrogen) atoms. The van der Waals surface area contributed by atoms with E-state index >= 15 is 0 Å². The van der Waals surface area contributed by atoms with Crippen molar-refractivity contribution in [1.82, 2.24) is 39.9 Å². The minimum Gasteiger partial charge on any atom is -0.233 e. The molecule has 0 fully saturated rings. The van der Waals surface area contributed by atoms with Crippen molar-refractivity contribution >= 4 is 0 Å². The lowest BCUT2D eigenvalue weighted by Gasteiger charge is -2.14. The molecule has 3 aromatic heterocycles. The second kappa shape index (κ2) is 41.8. The summed E-state index contributed by atoms with van der Waals surface area (Å²) in [7, 11) is 0. The summed E-state index contributed by atoms with van der Waals surface area (Å²) in [4.78, 5) is 39.4. The van der Waals surface area contributed by atoms with Gasteiger partial charge in [0.25, 0.3) is 0 Å². The smallest absolute Gasteiger partial charge is 0.163 e. The highest BCUT2D eigenvalue weighted by Crippen LogP contribution is 2.43. The number of rotatable bonds is 20. The fraction of sp³-hybridized carbons (Fsp3) is 0.0226. The van der Waals surface area contributed by atoms with Gasteiger partial charge in [-0.2, -0.15) is 0 Å². The van der Waals surface area contributed by atoms with Crippen LogP contribution in [0.4, 0.5) is 0 Å². The molecule has 23 aromatic rings. The molecule has 0 atom stereocenters. The number of aromatic nitrogens is 8. The third-order valence-electron chi connectivity index (χ3n) is 25.2. The van der Waals surface area contributed by atoms with Crippen molar-refractivity contribution in [3.8, 4) is 224 Å². The molecule has 0 unspecified atom stereocenters. The molecule has 23 rings (SSSR count). The summed E-state index contributed by atoms with van der Waals surface area (Å²) in [6.07, 6.45) is 0. The Morgan fingerprint density at radius 1 is 0.0922 bits per heavy atom. The molecule has 3 heterocycles. The highest BCUT2D eigenvalue weighted by Gasteiger charge is 2.21. The first-order chi connectivity index (χ1) is 69.5. The van der Waals surface area contributed by atoms with Gasteiger partial charge >= 0.3 is 0 Å². The molecule has 0 aliphatic heterocycles. The lowest BCUT2D eigenvalue weighted by molar-refractivity contribution is 0.991. The molecular weight excluding hydrogens is 1710 g/mol. The van der Waals surface area contributed by atoms with Crippen molar-refractivity contribution in [2.24, 2.45) is 0 Å². The van der Waals surface area contributed by atoms with Crippen LogP contribution in [0, 0.1) is 20.8 Å². The van der Waals surface area contributed by atoms with Gasteiger partial charge in [-0.05, 0) is 304 Å². The first-order valence-electron chi connectivity index (χ1n) is 47.6. The summed E-state index contributed by atoms with van der Waals surface area (Å²) in [6, 6.07) is 186. The minimum absolute atomic E-state index is 0.648. The molecule has 0 bridgehead atoms. The van der Waals surface area contributed by atoms with Crippen LogP contribution in [0.15, 0.2) is 528 Å². The monoisotopic (exact) mass is 1800 g/mol.